The molecule has 6 atom stereocenters. The molecule has 4 unspecified atom stereocenters. The summed E-state index contributed by atoms with van der Waals surface area (Å²) in [4.78, 5) is 39.8. The molecule has 194 valence electrons. The summed E-state index contributed by atoms with van der Waals surface area (Å²) in [6, 6.07) is 8.52. The average molecular weight is 502 g/mol. The SMILES string of the molecule is CC1=CN(C2OC3COC(C)(C)O[C@H]3C3OC(C)(C)O[C@@H]3C2OC(=O)c2ccccc2)C(=O)CC1=O. The second kappa shape index (κ2) is 9.04. The van der Waals surface area contributed by atoms with Crippen LogP contribution in [0, 0.1) is 0 Å². The Kier molecular flexibility index (Phi) is 6.29. The number of fused-ring (bicyclic) bond motifs is 3. The van der Waals surface area contributed by atoms with Crippen molar-refractivity contribution in [2.24, 2.45) is 0 Å². The molecule has 0 spiro atoms. The molecule has 4 aliphatic heterocycles. The largest absolute Gasteiger partial charge is 0.451 e. The van der Waals surface area contributed by atoms with Gasteiger partial charge in [-0.15, -0.1) is 0 Å². The fraction of sp³-hybridized carbons (Fsp3) is 0.577. The molecule has 0 bridgehead atoms. The first-order chi connectivity index (χ1) is 16.9. The highest BCUT2D eigenvalue weighted by Crippen LogP contribution is 2.43. The number of allylic oxidation sites excluding steroid dienone is 1. The number of Topliss-reactive ketones (excluding diaryl/α,β-unsaturated/α-hetero) is 1. The molecule has 10 nitrogen and oxygen atoms in total. The number of ether oxygens (including phenoxy) is 6. The minimum Gasteiger partial charge on any atom is -0.451 e. The average Bonchev–Trinajstić information content (AvgIpc) is 3.09. The quantitative estimate of drug-likeness (QED) is 0.455. The number of esters is 1. The van der Waals surface area contributed by atoms with Crippen LogP contribution in [0.4, 0.5) is 0 Å². The van der Waals surface area contributed by atoms with E-state index in [2.05, 4.69) is 0 Å². The third kappa shape index (κ3) is 4.71. The molecule has 0 aromatic heterocycles. The number of nitrogens with zero attached hydrogens (tertiary/aromatic N) is 1. The van der Waals surface area contributed by atoms with Gasteiger partial charge in [0.1, 0.15) is 24.4 Å². The Hall–Kier alpha value is -2.63. The van der Waals surface area contributed by atoms with E-state index in [1.807, 2.05) is 0 Å². The summed E-state index contributed by atoms with van der Waals surface area (Å²) in [5.74, 6) is -3.28. The third-order valence-corrected chi connectivity index (χ3v) is 6.69. The van der Waals surface area contributed by atoms with Gasteiger partial charge in [0.05, 0.1) is 18.6 Å². The molecule has 1 aromatic carbocycles. The summed E-state index contributed by atoms with van der Waals surface area (Å²) in [5.41, 5.74) is 0.727. The summed E-state index contributed by atoms with van der Waals surface area (Å²) in [6.07, 6.45) is -3.88. The van der Waals surface area contributed by atoms with Crippen molar-refractivity contribution in [3.63, 3.8) is 0 Å². The number of hydrogen-bond donors (Lipinski definition) is 0. The first-order valence-corrected chi connectivity index (χ1v) is 12.1. The standard InChI is InChI=1S/C26H31NO9/c1-14-12-27(18(29)11-16(14)28)23-22(33-24(30)15-9-7-6-8-10-15)21-20(35-26(4,5)36-21)19-17(32-23)13-31-25(2,3)34-19/h6-10,12,17,19-23H,11,13H2,1-5H3/t17?,19-,20?,21+,22?,23?/m1/s1. The van der Waals surface area contributed by atoms with Crippen molar-refractivity contribution in [2.75, 3.05) is 6.61 Å². The van der Waals surface area contributed by atoms with Crippen LogP contribution in [0.1, 0.15) is 51.4 Å². The van der Waals surface area contributed by atoms with Crippen molar-refractivity contribution in [3.05, 3.63) is 47.7 Å². The van der Waals surface area contributed by atoms with Crippen LogP contribution in [-0.2, 0) is 38.0 Å². The molecule has 0 N–H and O–H groups in total. The number of benzene rings is 1. The third-order valence-electron chi connectivity index (χ3n) is 6.69. The smallest absolute Gasteiger partial charge is 0.338 e. The fourth-order valence-electron chi connectivity index (χ4n) is 5.01. The lowest BCUT2D eigenvalue weighted by Crippen LogP contribution is -2.56. The molecule has 0 aliphatic carbocycles. The van der Waals surface area contributed by atoms with E-state index in [1.165, 1.54) is 11.1 Å². The first-order valence-electron chi connectivity index (χ1n) is 12.1. The Labute approximate surface area is 209 Å². The second-order valence-electron chi connectivity index (χ2n) is 10.4. The number of carbonyl (C=O) groups is 3. The summed E-state index contributed by atoms with van der Waals surface area (Å²) in [5, 5.41) is 0. The minimum atomic E-state index is -1.11. The van der Waals surface area contributed by atoms with Gasteiger partial charge >= 0.3 is 5.97 Å². The molecule has 0 radical (unpaired) electrons. The van der Waals surface area contributed by atoms with Gasteiger partial charge in [-0.05, 0) is 46.8 Å². The van der Waals surface area contributed by atoms with E-state index in [4.69, 9.17) is 28.4 Å². The van der Waals surface area contributed by atoms with E-state index in [0.29, 0.717) is 11.1 Å². The highest BCUT2D eigenvalue weighted by atomic mass is 16.8. The molecule has 1 amide bonds. The molecular formula is C26H31NO9. The summed E-state index contributed by atoms with van der Waals surface area (Å²) in [7, 11) is 0. The predicted octanol–water partition coefficient (Wildman–Crippen LogP) is 2.31. The summed E-state index contributed by atoms with van der Waals surface area (Å²) >= 11 is 0. The molecule has 3 fully saturated rings. The van der Waals surface area contributed by atoms with Crippen LogP contribution >= 0.6 is 0 Å². The van der Waals surface area contributed by atoms with Crippen molar-refractivity contribution in [3.8, 4) is 0 Å². The number of rotatable bonds is 3. The van der Waals surface area contributed by atoms with Crippen molar-refractivity contribution >= 4 is 17.7 Å². The van der Waals surface area contributed by atoms with Crippen LogP contribution in [0.5, 0.6) is 0 Å². The summed E-state index contributed by atoms with van der Waals surface area (Å²) < 4.78 is 37.1. The normalized spacial score (nSPS) is 35.4. The Balaban J connectivity index is 1.58. The van der Waals surface area contributed by atoms with Crippen molar-refractivity contribution < 1.29 is 42.8 Å². The fourth-order valence-corrected chi connectivity index (χ4v) is 5.01. The van der Waals surface area contributed by atoms with E-state index in [0.717, 1.165) is 0 Å². The maximum atomic E-state index is 13.2. The predicted molar refractivity (Wildman–Crippen MR) is 123 cm³/mol. The van der Waals surface area contributed by atoms with Crippen molar-refractivity contribution in [2.45, 2.75) is 89.4 Å². The topological polar surface area (TPSA) is 110 Å². The molecule has 0 saturated carbocycles. The maximum Gasteiger partial charge on any atom is 0.338 e. The number of amides is 1. The van der Waals surface area contributed by atoms with Gasteiger partial charge in [0.25, 0.3) is 0 Å². The minimum absolute atomic E-state index is 0.157. The number of hydrogen-bond acceptors (Lipinski definition) is 9. The van der Waals surface area contributed by atoms with E-state index < -0.39 is 60.2 Å². The van der Waals surface area contributed by atoms with Gasteiger partial charge in [0.15, 0.2) is 29.7 Å². The Morgan fingerprint density at radius 1 is 0.972 bits per heavy atom. The van der Waals surface area contributed by atoms with Gasteiger partial charge in [-0.2, -0.15) is 0 Å². The zero-order chi connectivity index (χ0) is 25.8. The van der Waals surface area contributed by atoms with Gasteiger partial charge in [-0.25, -0.2) is 4.79 Å². The van der Waals surface area contributed by atoms with Gasteiger partial charge < -0.3 is 28.4 Å². The lowest BCUT2D eigenvalue weighted by atomic mass is 9.98. The van der Waals surface area contributed by atoms with Crippen LogP contribution in [0.3, 0.4) is 0 Å². The number of ketones is 1. The van der Waals surface area contributed by atoms with E-state index in [1.54, 1.807) is 65.0 Å². The van der Waals surface area contributed by atoms with Crippen LogP contribution in [-0.4, -0.2) is 77.5 Å². The van der Waals surface area contributed by atoms with Gasteiger partial charge in [-0.1, -0.05) is 18.2 Å². The molecule has 10 heteroatoms. The first kappa shape index (κ1) is 25.0. The highest BCUT2D eigenvalue weighted by Gasteiger charge is 2.60. The highest BCUT2D eigenvalue weighted by molar-refractivity contribution is 6.09. The lowest BCUT2D eigenvalue weighted by Gasteiger charge is -2.43. The van der Waals surface area contributed by atoms with Crippen LogP contribution < -0.4 is 0 Å². The Morgan fingerprint density at radius 2 is 1.64 bits per heavy atom. The zero-order valence-electron chi connectivity index (χ0n) is 21.0. The van der Waals surface area contributed by atoms with Gasteiger partial charge in [0.2, 0.25) is 5.91 Å². The Bertz CT molecular complexity index is 1080. The molecule has 36 heavy (non-hydrogen) atoms. The van der Waals surface area contributed by atoms with E-state index in [-0.39, 0.29) is 18.8 Å². The molecule has 4 aliphatic rings. The molecule has 1 aromatic rings. The monoisotopic (exact) mass is 501 g/mol. The molecular weight excluding hydrogens is 470 g/mol. The molecule has 3 saturated heterocycles. The van der Waals surface area contributed by atoms with Crippen LogP contribution in [0.25, 0.3) is 0 Å². The number of carbonyl (C=O) groups excluding carboxylic acids is 3. The lowest BCUT2D eigenvalue weighted by molar-refractivity contribution is -0.332. The molecule has 5 rings (SSSR count). The van der Waals surface area contributed by atoms with E-state index in [9.17, 15) is 14.4 Å². The van der Waals surface area contributed by atoms with Crippen LogP contribution in [0.15, 0.2) is 42.1 Å². The zero-order valence-corrected chi connectivity index (χ0v) is 21.0. The van der Waals surface area contributed by atoms with E-state index >= 15 is 0 Å². The van der Waals surface area contributed by atoms with Gasteiger partial charge in [0, 0.05) is 11.8 Å². The van der Waals surface area contributed by atoms with Crippen molar-refractivity contribution in [1.29, 1.82) is 0 Å². The Morgan fingerprint density at radius 3 is 2.36 bits per heavy atom. The molecule has 4 heterocycles. The second-order valence-corrected chi connectivity index (χ2v) is 10.4. The van der Waals surface area contributed by atoms with Crippen LogP contribution in [0.2, 0.25) is 0 Å². The van der Waals surface area contributed by atoms with Gasteiger partial charge in [-0.3, -0.25) is 14.5 Å². The van der Waals surface area contributed by atoms with Crippen molar-refractivity contribution in [1.82, 2.24) is 4.90 Å². The maximum absolute atomic E-state index is 13.2. The summed E-state index contributed by atoms with van der Waals surface area (Å²) in [6.45, 7) is 8.90.